The smallest absolute Gasteiger partial charge is 0.159 e. The highest BCUT2D eigenvalue weighted by Gasteiger charge is 2.22. The molecule has 0 spiro atoms. The van der Waals surface area contributed by atoms with E-state index < -0.39 is 0 Å². The third-order valence-corrected chi connectivity index (χ3v) is 5.19. The van der Waals surface area contributed by atoms with Crippen LogP contribution in [0.25, 0.3) is 33.8 Å². The molecule has 0 aliphatic heterocycles. The first-order valence-corrected chi connectivity index (χ1v) is 9.44. The molecule has 5 heteroatoms. The molecule has 27 heavy (non-hydrogen) atoms. The average Bonchev–Trinajstić information content (AvgIpc) is 3.23. The summed E-state index contributed by atoms with van der Waals surface area (Å²) in [6.45, 7) is 10.6. The Kier molecular flexibility index (Phi) is 4.11. The standard InChI is InChI=1S/C22H23ClN4/c1-13-6-8-15(9-7-13)19-12-18(26-27(19)22(3,4)5)21-24-17-11-10-16(23)14(2)20(17)25-21/h6-12H,1-5H3,(H,24,25). The van der Waals surface area contributed by atoms with Crippen molar-refractivity contribution >= 4 is 22.6 Å². The maximum Gasteiger partial charge on any atom is 0.159 e. The van der Waals surface area contributed by atoms with Gasteiger partial charge in [-0.1, -0.05) is 41.4 Å². The molecule has 4 nitrogen and oxygen atoms in total. The van der Waals surface area contributed by atoms with Crippen molar-refractivity contribution in [1.82, 2.24) is 19.7 Å². The van der Waals surface area contributed by atoms with Crippen LogP contribution in [-0.2, 0) is 5.54 Å². The summed E-state index contributed by atoms with van der Waals surface area (Å²) in [6.07, 6.45) is 0. The van der Waals surface area contributed by atoms with E-state index in [4.69, 9.17) is 21.7 Å². The molecule has 0 amide bonds. The Labute approximate surface area is 164 Å². The summed E-state index contributed by atoms with van der Waals surface area (Å²) >= 11 is 6.25. The van der Waals surface area contributed by atoms with Crippen molar-refractivity contribution in [2.45, 2.75) is 40.2 Å². The van der Waals surface area contributed by atoms with Gasteiger partial charge in [-0.15, -0.1) is 0 Å². The monoisotopic (exact) mass is 378 g/mol. The molecule has 4 aromatic rings. The lowest BCUT2D eigenvalue weighted by atomic mass is 10.1. The Morgan fingerprint density at radius 2 is 1.70 bits per heavy atom. The number of benzene rings is 2. The number of nitrogens with zero attached hydrogens (tertiary/aromatic N) is 3. The Balaban J connectivity index is 1.89. The Morgan fingerprint density at radius 1 is 1.00 bits per heavy atom. The third kappa shape index (κ3) is 3.15. The highest BCUT2D eigenvalue weighted by Crippen LogP contribution is 2.32. The summed E-state index contributed by atoms with van der Waals surface area (Å²) in [6, 6.07) is 14.5. The van der Waals surface area contributed by atoms with E-state index >= 15 is 0 Å². The number of nitrogens with one attached hydrogen (secondary N) is 1. The van der Waals surface area contributed by atoms with E-state index in [2.05, 4.69) is 67.7 Å². The van der Waals surface area contributed by atoms with Crippen molar-refractivity contribution < 1.29 is 0 Å². The number of imidazole rings is 1. The molecule has 0 radical (unpaired) electrons. The van der Waals surface area contributed by atoms with Gasteiger partial charge in [-0.25, -0.2) is 4.98 Å². The fourth-order valence-corrected chi connectivity index (χ4v) is 3.40. The Hall–Kier alpha value is -2.59. The average molecular weight is 379 g/mol. The van der Waals surface area contributed by atoms with Crippen LogP contribution in [0, 0.1) is 13.8 Å². The molecular weight excluding hydrogens is 356 g/mol. The third-order valence-electron chi connectivity index (χ3n) is 4.78. The second-order valence-corrected chi connectivity index (χ2v) is 8.42. The van der Waals surface area contributed by atoms with Gasteiger partial charge in [0.1, 0.15) is 5.69 Å². The van der Waals surface area contributed by atoms with Gasteiger partial charge in [0.05, 0.1) is 22.3 Å². The fraction of sp³-hybridized carbons (Fsp3) is 0.273. The number of hydrogen-bond acceptors (Lipinski definition) is 2. The van der Waals surface area contributed by atoms with Crippen LogP contribution in [0.4, 0.5) is 0 Å². The number of halogens is 1. The van der Waals surface area contributed by atoms with Gasteiger partial charge in [0.25, 0.3) is 0 Å². The number of aromatic nitrogens is 4. The predicted octanol–water partition coefficient (Wildman–Crippen LogP) is 6.12. The van der Waals surface area contributed by atoms with Gasteiger partial charge >= 0.3 is 0 Å². The molecule has 0 unspecified atom stereocenters. The van der Waals surface area contributed by atoms with Gasteiger partial charge in [0, 0.05) is 5.02 Å². The second kappa shape index (κ2) is 6.24. The number of aromatic amines is 1. The quantitative estimate of drug-likeness (QED) is 0.456. The van der Waals surface area contributed by atoms with Gasteiger partial charge in [-0.2, -0.15) is 5.10 Å². The van der Waals surface area contributed by atoms with E-state index in [0.717, 1.165) is 44.4 Å². The molecule has 2 aromatic carbocycles. The van der Waals surface area contributed by atoms with Crippen molar-refractivity contribution in [3.63, 3.8) is 0 Å². The second-order valence-electron chi connectivity index (χ2n) is 8.02. The predicted molar refractivity (Wildman–Crippen MR) is 112 cm³/mol. The van der Waals surface area contributed by atoms with E-state index in [0.29, 0.717) is 0 Å². The van der Waals surface area contributed by atoms with Gasteiger partial charge < -0.3 is 4.98 Å². The first-order chi connectivity index (χ1) is 12.7. The highest BCUT2D eigenvalue weighted by molar-refractivity contribution is 6.32. The van der Waals surface area contributed by atoms with Crippen molar-refractivity contribution in [2.24, 2.45) is 0 Å². The van der Waals surface area contributed by atoms with Crippen LogP contribution in [0.2, 0.25) is 5.02 Å². The zero-order chi connectivity index (χ0) is 19.3. The van der Waals surface area contributed by atoms with Gasteiger partial charge in [0.15, 0.2) is 5.82 Å². The lowest BCUT2D eigenvalue weighted by Gasteiger charge is -2.22. The minimum atomic E-state index is -0.149. The number of H-pyrrole nitrogens is 1. The minimum Gasteiger partial charge on any atom is -0.337 e. The van der Waals surface area contributed by atoms with Crippen molar-refractivity contribution in [3.8, 4) is 22.8 Å². The summed E-state index contributed by atoms with van der Waals surface area (Å²) in [7, 11) is 0. The van der Waals surface area contributed by atoms with Gasteiger partial charge in [-0.3, -0.25) is 4.68 Å². The molecule has 4 rings (SSSR count). The van der Waals surface area contributed by atoms with Crippen LogP contribution in [0.15, 0.2) is 42.5 Å². The maximum atomic E-state index is 6.25. The van der Waals surface area contributed by atoms with E-state index in [-0.39, 0.29) is 5.54 Å². The SMILES string of the molecule is Cc1ccc(-c2cc(-c3nc4c(C)c(Cl)ccc4[nH]3)nn2C(C)(C)C)cc1. The molecule has 2 heterocycles. The van der Waals surface area contributed by atoms with Crippen molar-refractivity contribution in [3.05, 3.63) is 58.6 Å². The number of fused-ring (bicyclic) bond motifs is 1. The maximum absolute atomic E-state index is 6.25. The van der Waals surface area contributed by atoms with Crippen LogP contribution in [0.5, 0.6) is 0 Å². The lowest BCUT2D eigenvalue weighted by Crippen LogP contribution is -2.24. The molecule has 0 saturated heterocycles. The van der Waals surface area contributed by atoms with E-state index in [1.54, 1.807) is 0 Å². The summed E-state index contributed by atoms with van der Waals surface area (Å²) < 4.78 is 2.07. The van der Waals surface area contributed by atoms with Crippen LogP contribution < -0.4 is 0 Å². The van der Waals surface area contributed by atoms with Crippen LogP contribution in [0.1, 0.15) is 31.9 Å². The van der Waals surface area contributed by atoms with Gasteiger partial charge in [0.2, 0.25) is 0 Å². The fourth-order valence-electron chi connectivity index (χ4n) is 3.25. The molecule has 2 aromatic heterocycles. The molecule has 0 bridgehead atoms. The summed E-state index contributed by atoms with van der Waals surface area (Å²) in [5, 5.41) is 5.61. The number of aryl methyl sites for hydroxylation is 2. The molecule has 0 atom stereocenters. The first kappa shape index (κ1) is 17.8. The normalized spacial score (nSPS) is 12.1. The molecular formula is C22H23ClN4. The summed E-state index contributed by atoms with van der Waals surface area (Å²) in [4.78, 5) is 8.16. The molecule has 138 valence electrons. The Morgan fingerprint density at radius 3 is 2.37 bits per heavy atom. The highest BCUT2D eigenvalue weighted by atomic mass is 35.5. The summed E-state index contributed by atoms with van der Waals surface area (Å²) in [5.41, 5.74) is 6.97. The number of rotatable bonds is 2. The molecule has 0 fully saturated rings. The van der Waals surface area contributed by atoms with Crippen LogP contribution in [-0.4, -0.2) is 19.7 Å². The largest absolute Gasteiger partial charge is 0.337 e. The zero-order valence-corrected chi connectivity index (χ0v) is 17.0. The van der Waals surface area contributed by atoms with Crippen LogP contribution >= 0.6 is 11.6 Å². The topological polar surface area (TPSA) is 46.5 Å². The Bertz CT molecular complexity index is 1130. The number of hydrogen-bond donors (Lipinski definition) is 1. The first-order valence-electron chi connectivity index (χ1n) is 9.07. The van der Waals surface area contributed by atoms with Crippen molar-refractivity contribution in [1.29, 1.82) is 0 Å². The molecule has 0 aliphatic rings. The van der Waals surface area contributed by atoms with E-state index in [9.17, 15) is 0 Å². The zero-order valence-electron chi connectivity index (χ0n) is 16.3. The minimum absolute atomic E-state index is 0.149. The van der Waals surface area contributed by atoms with E-state index in [1.165, 1.54) is 5.56 Å². The van der Waals surface area contributed by atoms with Gasteiger partial charge in [-0.05, 0) is 63.9 Å². The molecule has 0 aliphatic carbocycles. The summed E-state index contributed by atoms with van der Waals surface area (Å²) in [5.74, 6) is 0.756. The lowest BCUT2D eigenvalue weighted by molar-refractivity contribution is 0.361. The molecule has 0 saturated carbocycles. The van der Waals surface area contributed by atoms with Crippen LogP contribution in [0.3, 0.4) is 0 Å². The van der Waals surface area contributed by atoms with E-state index in [1.807, 2.05) is 19.1 Å². The van der Waals surface area contributed by atoms with Crippen molar-refractivity contribution in [2.75, 3.05) is 0 Å². The molecule has 1 N–H and O–H groups in total.